The van der Waals surface area contributed by atoms with Gasteiger partial charge in [-0.05, 0) is 43.4 Å². The largest absolute Gasteiger partial charge is 0.336 e. The maximum atomic E-state index is 12.7. The standard InChI is InChI=1S/C18H25N5O.ClH/c1-12(2)15-6-4-5-7-16(15)23-13(3)20-17(21-23)18(24)22-9-8-14(10-19)11-22;/h4-7,12,14H,8-11,19H2,1-3H3;1H. The van der Waals surface area contributed by atoms with Crippen LogP contribution in [-0.2, 0) is 0 Å². The van der Waals surface area contributed by atoms with E-state index in [2.05, 4.69) is 30.0 Å². The van der Waals surface area contributed by atoms with Crippen LogP contribution in [0.5, 0.6) is 0 Å². The van der Waals surface area contributed by atoms with E-state index >= 15 is 0 Å². The van der Waals surface area contributed by atoms with Gasteiger partial charge in [0.25, 0.3) is 5.91 Å². The fourth-order valence-corrected chi connectivity index (χ4v) is 3.23. The van der Waals surface area contributed by atoms with E-state index in [1.807, 2.05) is 30.0 Å². The van der Waals surface area contributed by atoms with Crippen molar-refractivity contribution in [1.29, 1.82) is 0 Å². The van der Waals surface area contributed by atoms with E-state index in [0.717, 1.165) is 24.5 Å². The smallest absolute Gasteiger partial charge is 0.293 e. The van der Waals surface area contributed by atoms with Gasteiger partial charge in [0.1, 0.15) is 5.82 Å². The predicted octanol–water partition coefficient (Wildman–Crippen LogP) is 2.54. The second-order valence-electron chi connectivity index (χ2n) is 6.75. The molecule has 1 unspecified atom stereocenters. The third-order valence-electron chi connectivity index (χ3n) is 4.65. The molecule has 2 aromatic rings. The summed E-state index contributed by atoms with van der Waals surface area (Å²) in [6.45, 7) is 8.23. The number of nitrogens with two attached hydrogens (primary N) is 1. The van der Waals surface area contributed by atoms with Gasteiger partial charge < -0.3 is 10.6 Å². The first-order valence-corrected chi connectivity index (χ1v) is 8.53. The summed E-state index contributed by atoms with van der Waals surface area (Å²) < 4.78 is 1.78. The lowest BCUT2D eigenvalue weighted by atomic mass is 10.0. The van der Waals surface area contributed by atoms with Gasteiger partial charge >= 0.3 is 0 Å². The maximum Gasteiger partial charge on any atom is 0.293 e. The van der Waals surface area contributed by atoms with Crippen molar-refractivity contribution in [3.8, 4) is 5.69 Å². The quantitative estimate of drug-likeness (QED) is 0.905. The van der Waals surface area contributed by atoms with Crippen LogP contribution in [0.15, 0.2) is 24.3 Å². The molecule has 25 heavy (non-hydrogen) atoms. The molecule has 1 amide bonds. The Hall–Kier alpha value is -1.92. The number of hydrogen-bond acceptors (Lipinski definition) is 4. The minimum atomic E-state index is -0.102. The minimum absolute atomic E-state index is 0. The normalized spacial score (nSPS) is 17.0. The Balaban J connectivity index is 0.00000225. The molecule has 0 spiro atoms. The van der Waals surface area contributed by atoms with Gasteiger partial charge in [-0.15, -0.1) is 17.5 Å². The van der Waals surface area contributed by atoms with Crippen LogP contribution in [0, 0.1) is 12.8 Å². The highest BCUT2D eigenvalue weighted by molar-refractivity contribution is 5.90. The molecule has 1 aliphatic heterocycles. The summed E-state index contributed by atoms with van der Waals surface area (Å²) in [4.78, 5) is 18.9. The number of carbonyl (C=O) groups is 1. The topological polar surface area (TPSA) is 77.0 Å². The highest BCUT2D eigenvalue weighted by atomic mass is 35.5. The highest BCUT2D eigenvalue weighted by Gasteiger charge is 2.29. The molecule has 2 heterocycles. The SMILES string of the molecule is Cc1nc(C(=O)N2CCC(CN)C2)nn1-c1ccccc1C(C)C.Cl. The molecule has 0 radical (unpaired) electrons. The minimum Gasteiger partial charge on any atom is -0.336 e. The molecule has 1 fully saturated rings. The predicted molar refractivity (Wildman–Crippen MR) is 100 cm³/mol. The molecule has 0 aliphatic carbocycles. The summed E-state index contributed by atoms with van der Waals surface area (Å²) >= 11 is 0. The number of aryl methyl sites for hydroxylation is 1. The van der Waals surface area contributed by atoms with Crippen LogP contribution in [0.2, 0.25) is 0 Å². The fraction of sp³-hybridized carbons (Fsp3) is 0.500. The third kappa shape index (κ3) is 3.85. The first-order valence-electron chi connectivity index (χ1n) is 8.53. The Labute approximate surface area is 154 Å². The van der Waals surface area contributed by atoms with Gasteiger partial charge in [-0.25, -0.2) is 9.67 Å². The number of amides is 1. The third-order valence-corrected chi connectivity index (χ3v) is 4.65. The van der Waals surface area contributed by atoms with Crippen molar-refractivity contribution >= 4 is 18.3 Å². The second kappa shape index (κ2) is 7.97. The Kier molecular flexibility index (Phi) is 6.19. The van der Waals surface area contributed by atoms with Crippen molar-refractivity contribution in [1.82, 2.24) is 19.7 Å². The zero-order valence-corrected chi connectivity index (χ0v) is 15.8. The lowest BCUT2D eigenvalue weighted by molar-refractivity contribution is 0.0775. The van der Waals surface area contributed by atoms with Gasteiger partial charge in [-0.1, -0.05) is 32.0 Å². The molecule has 0 bridgehead atoms. The van der Waals surface area contributed by atoms with Crippen LogP contribution >= 0.6 is 12.4 Å². The summed E-state index contributed by atoms with van der Waals surface area (Å²) in [5.41, 5.74) is 7.88. The summed E-state index contributed by atoms with van der Waals surface area (Å²) in [5, 5.41) is 4.50. The van der Waals surface area contributed by atoms with Gasteiger partial charge in [-0.2, -0.15) is 0 Å². The Morgan fingerprint density at radius 3 is 2.72 bits per heavy atom. The van der Waals surface area contributed by atoms with E-state index in [-0.39, 0.29) is 24.1 Å². The maximum absolute atomic E-state index is 12.7. The van der Waals surface area contributed by atoms with Crippen molar-refractivity contribution in [2.45, 2.75) is 33.1 Å². The fourth-order valence-electron chi connectivity index (χ4n) is 3.23. The number of nitrogens with zero attached hydrogens (tertiary/aromatic N) is 4. The van der Waals surface area contributed by atoms with Crippen LogP contribution < -0.4 is 5.73 Å². The van der Waals surface area contributed by atoms with E-state index in [1.54, 1.807) is 4.68 Å². The Bertz CT molecular complexity index is 743. The Morgan fingerprint density at radius 2 is 2.08 bits per heavy atom. The van der Waals surface area contributed by atoms with E-state index < -0.39 is 0 Å². The molecule has 1 aromatic carbocycles. The zero-order chi connectivity index (χ0) is 17.3. The van der Waals surface area contributed by atoms with Crippen LogP contribution in [-0.4, -0.2) is 45.2 Å². The number of halogens is 1. The molecule has 0 saturated carbocycles. The lowest BCUT2D eigenvalue weighted by Crippen LogP contribution is -2.30. The average Bonchev–Trinajstić information content (AvgIpc) is 3.20. The number of benzene rings is 1. The molecule has 136 valence electrons. The van der Waals surface area contributed by atoms with Crippen molar-refractivity contribution in [3.05, 3.63) is 41.5 Å². The van der Waals surface area contributed by atoms with E-state index in [9.17, 15) is 4.79 Å². The number of para-hydroxylation sites is 1. The van der Waals surface area contributed by atoms with Crippen molar-refractivity contribution in [3.63, 3.8) is 0 Å². The van der Waals surface area contributed by atoms with Gasteiger partial charge in [-0.3, -0.25) is 4.79 Å². The van der Waals surface area contributed by atoms with E-state index in [0.29, 0.717) is 24.9 Å². The van der Waals surface area contributed by atoms with Crippen LogP contribution in [0.4, 0.5) is 0 Å². The molecular weight excluding hydrogens is 338 g/mol. The van der Waals surface area contributed by atoms with Crippen LogP contribution in [0.25, 0.3) is 5.69 Å². The molecular formula is C18H26ClN5O. The van der Waals surface area contributed by atoms with E-state index in [1.165, 1.54) is 5.56 Å². The highest BCUT2D eigenvalue weighted by Crippen LogP contribution is 2.23. The number of likely N-dealkylation sites (tertiary alicyclic amines) is 1. The Morgan fingerprint density at radius 1 is 1.36 bits per heavy atom. The first-order chi connectivity index (χ1) is 11.5. The number of carbonyl (C=O) groups excluding carboxylic acids is 1. The molecule has 6 nitrogen and oxygen atoms in total. The summed E-state index contributed by atoms with van der Waals surface area (Å²) in [6, 6.07) is 8.12. The second-order valence-corrected chi connectivity index (χ2v) is 6.75. The van der Waals surface area contributed by atoms with Crippen molar-refractivity contribution in [2.75, 3.05) is 19.6 Å². The zero-order valence-electron chi connectivity index (χ0n) is 15.0. The molecule has 7 heteroatoms. The van der Waals surface area contributed by atoms with Gasteiger partial charge in [0.15, 0.2) is 0 Å². The number of rotatable bonds is 4. The molecule has 1 saturated heterocycles. The van der Waals surface area contributed by atoms with Crippen LogP contribution in [0.3, 0.4) is 0 Å². The molecule has 3 rings (SSSR count). The van der Waals surface area contributed by atoms with Gasteiger partial charge in [0.05, 0.1) is 5.69 Å². The summed E-state index contributed by atoms with van der Waals surface area (Å²) in [5.74, 6) is 1.64. The summed E-state index contributed by atoms with van der Waals surface area (Å²) in [6.07, 6.45) is 0.956. The average molecular weight is 364 g/mol. The molecule has 2 N–H and O–H groups in total. The number of hydrogen-bond donors (Lipinski definition) is 1. The van der Waals surface area contributed by atoms with Gasteiger partial charge in [0.2, 0.25) is 5.82 Å². The van der Waals surface area contributed by atoms with Crippen molar-refractivity contribution < 1.29 is 4.79 Å². The summed E-state index contributed by atoms with van der Waals surface area (Å²) in [7, 11) is 0. The first kappa shape index (κ1) is 19.4. The van der Waals surface area contributed by atoms with E-state index in [4.69, 9.17) is 5.73 Å². The van der Waals surface area contributed by atoms with Crippen LogP contribution in [0.1, 0.15) is 48.2 Å². The molecule has 1 aromatic heterocycles. The monoisotopic (exact) mass is 363 g/mol. The van der Waals surface area contributed by atoms with Gasteiger partial charge in [0, 0.05) is 13.1 Å². The molecule has 1 aliphatic rings. The van der Waals surface area contributed by atoms with Crippen molar-refractivity contribution in [2.24, 2.45) is 11.7 Å². The molecule has 1 atom stereocenters. The lowest BCUT2D eigenvalue weighted by Gasteiger charge is -2.14. The number of aromatic nitrogens is 3.